The monoisotopic (exact) mass is 216 g/mol. The molecule has 2 N–H and O–H groups in total. The molecule has 0 amide bonds. The van der Waals surface area contributed by atoms with Crippen molar-refractivity contribution < 1.29 is 4.39 Å². The SMILES string of the molecule is N[C@@H](Cc1ccccc1F)c1cccnc1. The van der Waals surface area contributed by atoms with Crippen molar-refractivity contribution in [3.8, 4) is 0 Å². The molecule has 0 aliphatic rings. The smallest absolute Gasteiger partial charge is 0.126 e. The molecule has 0 saturated carbocycles. The van der Waals surface area contributed by atoms with E-state index in [1.807, 2.05) is 18.2 Å². The summed E-state index contributed by atoms with van der Waals surface area (Å²) >= 11 is 0. The molecule has 0 unspecified atom stereocenters. The number of halogens is 1. The molecule has 0 bridgehead atoms. The van der Waals surface area contributed by atoms with Gasteiger partial charge in [-0.05, 0) is 29.7 Å². The predicted octanol–water partition coefficient (Wildman–Crippen LogP) is 2.46. The van der Waals surface area contributed by atoms with Gasteiger partial charge in [0.2, 0.25) is 0 Å². The lowest BCUT2D eigenvalue weighted by Gasteiger charge is -2.11. The zero-order valence-corrected chi connectivity index (χ0v) is 8.81. The van der Waals surface area contributed by atoms with Gasteiger partial charge < -0.3 is 5.73 Å². The molecule has 3 heteroatoms. The summed E-state index contributed by atoms with van der Waals surface area (Å²) in [7, 11) is 0. The van der Waals surface area contributed by atoms with Gasteiger partial charge in [-0.2, -0.15) is 0 Å². The van der Waals surface area contributed by atoms with E-state index < -0.39 is 0 Å². The highest BCUT2D eigenvalue weighted by Gasteiger charge is 2.09. The van der Waals surface area contributed by atoms with Crippen molar-refractivity contribution in [2.24, 2.45) is 5.73 Å². The summed E-state index contributed by atoms with van der Waals surface area (Å²) in [6, 6.07) is 10.2. The molecule has 0 fully saturated rings. The maximum Gasteiger partial charge on any atom is 0.126 e. The molecular formula is C13H13FN2. The van der Waals surface area contributed by atoms with Gasteiger partial charge in [0.1, 0.15) is 5.82 Å². The Kier molecular flexibility index (Phi) is 3.27. The van der Waals surface area contributed by atoms with E-state index >= 15 is 0 Å². The van der Waals surface area contributed by atoms with Crippen LogP contribution in [0.5, 0.6) is 0 Å². The van der Waals surface area contributed by atoms with E-state index in [1.165, 1.54) is 6.07 Å². The summed E-state index contributed by atoms with van der Waals surface area (Å²) in [5.74, 6) is -0.207. The number of nitrogens with zero attached hydrogens (tertiary/aromatic N) is 1. The normalized spacial score (nSPS) is 12.4. The number of pyridine rings is 1. The molecule has 2 aromatic rings. The second-order valence-electron chi connectivity index (χ2n) is 3.69. The summed E-state index contributed by atoms with van der Waals surface area (Å²) in [6.45, 7) is 0. The third-order valence-corrected chi connectivity index (χ3v) is 2.51. The Morgan fingerprint density at radius 1 is 1.19 bits per heavy atom. The van der Waals surface area contributed by atoms with Crippen molar-refractivity contribution in [3.63, 3.8) is 0 Å². The topological polar surface area (TPSA) is 38.9 Å². The maximum atomic E-state index is 13.4. The van der Waals surface area contributed by atoms with E-state index in [0.29, 0.717) is 12.0 Å². The van der Waals surface area contributed by atoms with Crippen LogP contribution in [0, 0.1) is 5.82 Å². The van der Waals surface area contributed by atoms with Crippen LogP contribution in [0.1, 0.15) is 17.2 Å². The Hall–Kier alpha value is -1.74. The molecule has 0 spiro atoms. The lowest BCUT2D eigenvalue weighted by atomic mass is 10.0. The fourth-order valence-corrected chi connectivity index (χ4v) is 1.61. The minimum atomic E-state index is -0.217. The molecule has 0 saturated heterocycles. The summed E-state index contributed by atoms with van der Waals surface area (Å²) in [5.41, 5.74) is 7.55. The molecule has 1 aromatic heterocycles. The lowest BCUT2D eigenvalue weighted by molar-refractivity contribution is 0.593. The van der Waals surface area contributed by atoms with E-state index in [9.17, 15) is 4.39 Å². The van der Waals surface area contributed by atoms with Gasteiger partial charge in [0.15, 0.2) is 0 Å². The van der Waals surface area contributed by atoms with Crippen molar-refractivity contribution in [3.05, 3.63) is 65.7 Å². The quantitative estimate of drug-likeness (QED) is 0.856. The highest BCUT2D eigenvalue weighted by Crippen LogP contribution is 2.16. The Bertz CT molecular complexity index is 456. The van der Waals surface area contributed by atoms with Gasteiger partial charge in [0.25, 0.3) is 0 Å². The van der Waals surface area contributed by atoms with Crippen LogP contribution in [0.15, 0.2) is 48.8 Å². The van der Waals surface area contributed by atoms with Crippen molar-refractivity contribution in [2.45, 2.75) is 12.5 Å². The Morgan fingerprint density at radius 2 is 2.00 bits per heavy atom. The van der Waals surface area contributed by atoms with E-state index in [2.05, 4.69) is 4.98 Å². The summed E-state index contributed by atoms with van der Waals surface area (Å²) in [4.78, 5) is 4.00. The van der Waals surface area contributed by atoms with Gasteiger partial charge >= 0.3 is 0 Å². The molecule has 0 aliphatic heterocycles. The fourth-order valence-electron chi connectivity index (χ4n) is 1.61. The molecule has 2 rings (SSSR count). The first kappa shape index (κ1) is 10.8. The Labute approximate surface area is 93.9 Å². The van der Waals surface area contributed by atoms with Crippen molar-refractivity contribution >= 4 is 0 Å². The number of benzene rings is 1. The standard InChI is InChI=1S/C13H13FN2/c14-12-6-2-1-4-10(12)8-13(15)11-5-3-7-16-9-11/h1-7,9,13H,8,15H2/t13-/m0/s1. The van der Waals surface area contributed by atoms with Crippen LogP contribution in [0.3, 0.4) is 0 Å². The molecule has 2 nitrogen and oxygen atoms in total. The van der Waals surface area contributed by atoms with Crippen LogP contribution < -0.4 is 5.73 Å². The minimum absolute atomic E-state index is 0.207. The highest BCUT2D eigenvalue weighted by atomic mass is 19.1. The van der Waals surface area contributed by atoms with Gasteiger partial charge in [0.05, 0.1) is 0 Å². The minimum Gasteiger partial charge on any atom is -0.324 e. The summed E-state index contributed by atoms with van der Waals surface area (Å²) in [5, 5.41) is 0. The second kappa shape index (κ2) is 4.86. The van der Waals surface area contributed by atoms with Gasteiger partial charge in [-0.15, -0.1) is 0 Å². The van der Waals surface area contributed by atoms with Crippen LogP contribution >= 0.6 is 0 Å². The third kappa shape index (κ3) is 2.44. The molecule has 1 heterocycles. The zero-order valence-electron chi connectivity index (χ0n) is 8.81. The van der Waals surface area contributed by atoms with Crippen molar-refractivity contribution in [1.82, 2.24) is 4.98 Å². The van der Waals surface area contributed by atoms with Crippen LogP contribution in [0.2, 0.25) is 0 Å². The average molecular weight is 216 g/mol. The maximum absolute atomic E-state index is 13.4. The largest absolute Gasteiger partial charge is 0.324 e. The molecule has 82 valence electrons. The fraction of sp³-hybridized carbons (Fsp3) is 0.154. The first-order chi connectivity index (χ1) is 7.77. The van der Waals surface area contributed by atoms with E-state index in [1.54, 1.807) is 24.5 Å². The van der Waals surface area contributed by atoms with Crippen LogP contribution in [-0.4, -0.2) is 4.98 Å². The van der Waals surface area contributed by atoms with Crippen LogP contribution in [0.4, 0.5) is 4.39 Å². The molecule has 0 aliphatic carbocycles. The van der Waals surface area contributed by atoms with Crippen LogP contribution in [0.25, 0.3) is 0 Å². The number of nitrogens with two attached hydrogens (primary N) is 1. The Morgan fingerprint density at radius 3 is 2.69 bits per heavy atom. The van der Waals surface area contributed by atoms with Gasteiger partial charge in [0, 0.05) is 18.4 Å². The molecule has 1 atom stereocenters. The first-order valence-electron chi connectivity index (χ1n) is 5.16. The predicted molar refractivity (Wildman–Crippen MR) is 61.3 cm³/mol. The number of aromatic nitrogens is 1. The van der Waals surface area contributed by atoms with Gasteiger partial charge in [-0.3, -0.25) is 4.98 Å². The third-order valence-electron chi connectivity index (χ3n) is 2.51. The van der Waals surface area contributed by atoms with Gasteiger partial charge in [-0.25, -0.2) is 4.39 Å². The van der Waals surface area contributed by atoms with Crippen molar-refractivity contribution in [1.29, 1.82) is 0 Å². The van der Waals surface area contributed by atoms with Crippen molar-refractivity contribution in [2.75, 3.05) is 0 Å². The molecule has 0 radical (unpaired) electrons. The molecular weight excluding hydrogens is 203 g/mol. The number of hydrogen-bond acceptors (Lipinski definition) is 2. The molecule has 16 heavy (non-hydrogen) atoms. The van der Waals surface area contributed by atoms with E-state index in [-0.39, 0.29) is 11.9 Å². The van der Waals surface area contributed by atoms with Gasteiger partial charge in [-0.1, -0.05) is 24.3 Å². The highest BCUT2D eigenvalue weighted by molar-refractivity contribution is 5.22. The average Bonchev–Trinajstić information content (AvgIpc) is 2.33. The lowest BCUT2D eigenvalue weighted by Crippen LogP contribution is -2.14. The zero-order chi connectivity index (χ0) is 11.4. The van der Waals surface area contributed by atoms with E-state index in [4.69, 9.17) is 5.73 Å². The van der Waals surface area contributed by atoms with E-state index in [0.717, 1.165) is 5.56 Å². The summed E-state index contributed by atoms with van der Waals surface area (Å²) < 4.78 is 13.4. The Balaban J connectivity index is 2.14. The summed E-state index contributed by atoms with van der Waals surface area (Å²) in [6.07, 6.45) is 3.89. The number of rotatable bonds is 3. The van der Waals surface area contributed by atoms with Crippen LogP contribution in [-0.2, 0) is 6.42 Å². The first-order valence-corrected chi connectivity index (χ1v) is 5.16. The molecule has 1 aromatic carbocycles. The second-order valence-corrected chi connectivity index (χ2v) is 3.69. The number of hydrogen-bond donors (Lipinski definition) is 1.